The topological polar surface area (TPSA) is 84.2 Å². The first kappa shape index (κ1) is 15.3. The first-order valence-electron chi connectivity index (χ1n) is 7.74. The fraction of sp³-hybridized carbons (Fsp3) is 0.353. The predicted octanol–water partition coefficient (Wildman–Crippen LogP) is 1.78. The molecule has 1 amide bonds. The highest BCUT2D eigenvalue weighted by Gasteiger charge is 2.33. The third-order valence-electron chi connectivity index (χ3n) is 4.25. The van der Waals surface area contributed by atoms with Crippen LogP contribution in [0.5, 0.6) is 0 Å². The number of benzene rings is 1. The van der Waals surface area contributed by atoms with Gasteiger partial charge in [0, 0.05) is 18.4 Å². The molecular formula is C17H19N3O3. The molecule has 3 rings (SSSR count). The Morgan fingerprint density at radius 2 is 2.04 bits per heavy atom. The first-order chi connectivity index (χ1) is 11.1. The normalized spacial score (nSPS) is 20.3. The number of nitrogens with zero attached hydrogens (tertiary/aromatic N) is 2. The number of hydrogen-bond donors (Lipinski definition) is 2. The van der Waals surface area contributed by atoms with Crippen molar-refractivity contribution in [3.8, 4) is 5.69 Å². The molecule has 1 saturated carbocycles. The van der Waals surface area contributed by atoms with Gasteiger partial charge in [-0.15, -0.1) is 0 Å². The Bertz CT molecular complexity index is 680. The van der Waals surface area contributed by atoms with Crippen LogP contribution in [0.15, 0.2) is 42.7 Å². The standard InChI is InChI=1S/C17H19N3O3/c21-16(19-15-4-1-3-14(15)17(22)23)11-12-5-7-13(8-6-12)20-10-2-9-18-20/h2,5-10,14-15H,1,3-4,11H2,(H,19,21)(H,22,23)/t14-,15+/m1/s1. The zero-order valence-corrected chi connectivity index (χ0v) is 12.7. The number of rotatable bonds is 5. The number of nitrogens with one attached hydrogen (secondary N) is 1. The van der Waals surface area contributed by atoms with E-state index in [4.69, 9.17) is 5.11 Å². The predicted molar refractivity (Wildman–Crippen MR) is 84.2 cm³/mol. The molecule has 6 heteroatoms. The lowest BCUT2D eigenvalue weighted by atomic mass is 10.0. The molecular weight excluding hydrogens is 294 g/mol. The minimum Gasteiger partial charge on any atom is -0.481 e. The van der Waals surface area contributed by atoms with Crippen LogP contribution in [0.1, 0.15) is 24.8 Å². The van der Waals surface area contributed by atoms with Crippen molar-refractivity contribution in [2.75, 3.05) is 0 Å². The van der Waals surface area contributed by atoms with E-state index in [1.54, 1.807) is 10.9 Å². The molecule has 2 atom stereocenters. The van der Waals surface area contributed by atoms with Crippen molar-refractivity contribution in [3.05, 3.63) is 48.3 Å². The second-order valence-corrected chi connectivity index (χ2v) is 5.84. The Hall–Kier alpha value is -2.63. The molecule has 0 aliphatic heterocycles. The van der Waals surface area contributed by atoms with Crippen molar-refractivity contribution < 1.29 is 14.7 Å². The fourth-order valence-corrected chi connectivity index (χ4v) is 3.06. The zero-order chi connectivity index (χ0) is 16.2. The van der Waals surface area contributed by atoms with E-state index in [0.29, 0.717) is 6.42 Å². The van der Waals surface area contributed by atoms with Crippen LogP contribution in [0.2, 0.25) is 0 Å². The summed E-state index contributed by atoms with van der Waals surface area (Å²) < 4.78 is 1.75. The van der Waals surface area contributed by atoms with E-state index in [9.17, 15) is 9.59 Å². The molecule has 1 aliphatic rings. The van der Waals surface area contributed by atoms with Crippen LogP contribution < -0.4 is 5.32 Å². The molecule has 1 heterocycles. The maximum atomic E-state index is 12.1. The van der Waals surface area contributed by atoms with Gasteiger partial charge in [-0.2, -0.15) is 5.10 Å². The third-order valence-corrected chi connectivity index (χ3v) is 4.25. The van der Waals surface area contributed by atoms with Gasteiger partial charge in [0.1, 0.15) is 0 Å². The molecule has 0 unspecified atom stereocenters. The van der Waals surface area contributed by atoms with Gasteiger partial charge in [0.15, 0.2) is 0 Å². The minimum absolute atomic E-state index is 0.130. The SMILES string of the molecule is O=C(Cc1ccc(-n2cccn2)cc1)N[C@H]1CCC[C@H]1C(=O)O. The molecule has 0 bridgehead atoms. The van der Waals surface area contributed by atoms with Crippen LogP contribution >= 0.6 is 0 Å². The molecule has 6 nitrogen and oxygen atoms in total. The summed E-state index contributed by atoms with van der Waals surface area (Å²) in [7, 11) is 0. The highest BCUT2D eigenvalue weighted by molar-refractivity contribution is 5.80. The number of carboxylic acids is 1. The summed E-state index contributed by atoms with van der Waals surface area (Å²) in [4.78, 5) is 23.3. The van der Waals surface area contributed by atoms with Crippen molar-refractivity contribution in [3.63, 3.8) is 0 Å². The lowest BCUT2D eigenvalue weighted by molar-refractivity contribution is -0.142. The van der Waals surface area contributed by atoms with Crippen molar-refractivity contribution in [2.24, 2.45) is 5.92 Å². The Morgan fingerprint density at radius 3 is 2.70 bits per heavy atom. The second kappa shape index (κ2) is 6.64. The van der Waals surface area contributed by atoms with E-state index in [1.807, 2.05) is 36.5 Å². The monoisotopic (exact) mass is 313 g/mol. The summed E-state index contributed by atoms with van der Waals surface area (Å²) in [5.74, 6) is -1.41. The van der Waals surface area contributed by atoms with Gasteiger partial charge in [-0.05, 0) is 36.6 Å². The second-order valence-electron chi connectivity index (χ2n) is 5.84. The van der Waals surface area contributed by atoms with Gasteiger partial charge in [0.25, 0.3) is 0 Å². The lowest BCUT2D eigenvalue weighted by Gasteiger charge is -2.17. The summed E-state index contributed by atoms with van der Waals surface area (Å²) in [6.07, 6.45) is 6.04. The Morgan fingerprint density at radius 1 is 1.26 bits per heavy atom. The van der Waals surface area contributed by atoms with E-state index < -0.39 is 11.9 Å². The summed E-state index contributed by atoms with van der Waals surface area (Å²) in [6.45, 7) is 0. The maximum absolute atomic E-state index is 12.1. The molecule has 1 aliphatic carbocycles. The number of amides is 1. The molecule has 2 aromatic rings. The van der Waals surface area contributed by atoms with Gasteiger partial charge < -0.3 is 10.4 Å². The van der Waals surface area contributed by atoms with Crippen LogP contribution in [0.3, 0.4) is 0 Å². The van der Waals surface area contributed by atoms with Gasteiger partial charge in [-0.1, -0.05) is 18.6 Å². The first-order valence-corrected chi connectivity index (χ1v) is 7.74. The van der Waals surface area contributed by atoms with Crippen LogP contribution in [0.4, 0.5) is 0 Å². The van der Waals surface area contributed by atoms with E-state index in [2.05, 4.69) is 10.4 Å². The number of carbonyl (C=O) groups excluding carboxylic acids is 1. The van der Waals surface area contributed by atoms with Crippen molar-refractivity contribution >= 4 is 11.9 Å². The maximum Gasteiger partial charge on any atom is 0.308 e. The smallest absolute Gasteiger partial charge is 0.308 e. The highest BCUT2D eigenvalue weighted by atomic mass is 16.4. The average molecular weight is 313 g/mol. The van der Waals surface area contributed by atoms with E-state index >= 15 is 0 Å². The summed E-state index contributed by atoms with van der Waals surface area (Å²) in [5.41, 5.74) is 1.82. The number of carboxylic acid groups (broad SMARTS) is 1. The molecule has 120 valence electrons. The van der Waals surface area contributed by atoms with Crippen molar-refractivity contribution in [1.82, 2.24) is 15.1 Å². The lowest BCUT2D eigenvalue weighted by Crippen LogP contribution is -2.40. The Labute approximate surface area is 134 Å². The molecule has 23 heavy (non-hydrogen) atoms. The van der Waals surface area contributed by atoms with Crippen molar-refractivity contribution in [2.45, 2.75) is 31.7 Å². The Kier molecular flexibility index (Phi) is 4.41. The average Bonchev–Trinajstić information content (AvgIpc) is 3.19. The van der Waals surface area contributed by atoms with Gasteiger partial charge >= 0.3 is 5.97 Å². The molecule has 0 spiro atoms. The highest BCUT2D eigenvalue weighted by Crippen LogP contribution is 2.25. The summed E-state index contributed by atoms with van der Waals surface area (Å²) in [6, 6.07) is 9.20. The van der Waals surface area contributed by atoms with Gasteiger partial charge in [0.2, 0.25) is 5.91 Å². The van der Waals surface area contributed by atoms with Crippen molar-refractivity contribution in [1.29, 1.82) is 0 Å². The fourth-order valence-electron chi connectivity index (χ4n) is 3.06. The third kappa shape index (κ3) is 3.59. The van der Waals surface area contributed by atoms with Crippen LogP contribution in [-0.4, -0.2) is 32.8 Å². The van der Waals surface area contributed by atoms with E-state index in [0.717, 1.165) is 24.1 Å². The summed E-state index contributed by atoms with van der Waals surface area (Å²) >= 11 is 0. The largest absolute Gasteiger partial charge is 0.481 e. The summed E-state index contributed by atoms with van der Waals surface area (Å²) in [5, 5.41) is 16.2. The van der Waals surface area contributed by atoms with E-state index in [-0.39, 0.29) is 18.4 Å². The van der Waals surface area contributed by atoms with Gasteiger partial charge in [-0.3, -0.25) is 9.59 Å². The van der Waals surface area contributed by atoms with Crippen LogP contribution in [0, 0.1) is 5.92 Å². The molecule has 0 saturated heterocycles. The molecule has 1 aromatic heterocycles. The molecule has 1 fully saturated rings. The van der Waals surface area contributed by atoms with E-state index in [1.165, 1.54) is 0 Å². The quantitative estimate of drug-likeness (QED) is 0.881. The number of aromatic nitrogens is 2. The van der Waals surface area contributed by atoms with Crippen LogP contribution in [-0.2, 0) is 16.0 Å². The molecule has 0 radical (unpaired) electrons. The van der Waals surface area contributed by atoms with Gasteiger partial charge in [-0.25, -0.2) is 4.68 Å². The number of aliphatic carboxylic acids is 1. The molecule has 2 N–H and O–H groups in total. The minimum atomic E-state index is -0.823. The number of hydrogen-bond acceptors (Lipinski definition) is 3. The zero-order valence-electron chi connectivity index (χ0n) is 12.7. The Balaban J connectivity index is 1.58. The van der Waals surface area contributed by atoms with Crippen LogP contribution in [0.25, 0.3) is 5.69 Å². The number of carbonyl (C=O) groups is 2. The molecule has 1 aromatic carbocycles. The van der Waals surface area contributed by atoms with Gasteiger partial charge in [0.05, 0.1) is 18.0 Å².